The van der Waals surface area contributed by atoms with Gasteiger partial charge in [-0.3, -0.25) is 4.90 Å². The van der Waals surface area contributed by atoms with E-state index in [1.54, 1.807) is 7.05 Å². The Bertz CT molecular complexity index is 1170. The van der Waals surface area contributed by atoms with E-state index in [1.165, 1.54) is 18.0 Å². The summed E-state index contributed by atoms with van der Waals surface area (Å²) in [5.41, 5.74) is -1.21. The van der Waals surface area contributed by atoms with Gasteiger partial charge in [0.25, 0.3) is 0 Å². The Labute approximate surface area is 203 Å². The first-order valence-electron chi connectivity index (χ1n) is 11.3. The second-order valence-corrected chi connectivity index (χ2v) is 8.64. The van der Waals surface area contributed by atoms with Crippen LogP contribution in [0.4, 0.5) is 26.7 Å². The number of fused-ring (bicyclic) bond motifs is 1. The highest BCUT2D eigenvalue weighted by molar-refractivity contribution is 5.87. The zero-order valence-corrected chi connectivity index (χ0v) is 19.7. The van der Waals surface area contributed by atoms with Gasteiger partial charge in [0.05, 0.1) is 24.2 Å². The molecule has 0 saturated carbocycles. The molecule has 1 fully saturated rings. The van der Waals surface area contributed by atoms with Crippen molar-refractivity contribution >= 4 is 17.1 Å². The Hall–Kier alpha value is -3.19. The molecule has 2 aromatic rings. The summed E-state index contributed by atoms with van der Waals surface area (Å²) in [4.78, 5) is 22.3. The lowest BCUT2D eigenvalue weighted by molar-refractivity contribution is -0.136. The largest absolute Gasteiger partial charge is 0.455 e. The molecular weight excluding hydrogens is 489 g/mol. The molecular formula is C23H26F5N5O3. The first kappa shape index (κ1) is 25.9. The van der Waals surface area contributed by atoms with Crippen molar-refractivity contribution in [1.82, 2.24) is 25.1 Å². The molecule has 196 valence electrons. The van der Waals surface area contributed by atoms with E-state index in [1.807, 2.05) is 0 Å². The number of carbonyl (C=O) groups is 1. The standard InChI is InChI=1S/C23H26F5N5O3/c1-13-16(31-22(34)32(2)5-6-33-7-9-35-10-8-33)11-15(24)20(19(13)25)36-17-3-4-29-21-18(17)14(12-30-21)23(26,27)28/h3-4,11-13,19H,5-10H2,1-2H3,(H,29,30)(H,31,34). The minimum atomic E-state index is -4.73. The van der Waals surface area contributed by atoms with Crippen LogP contribution in [0.5, 0.6) is 5.75 Å². The van der Waals surface area contributed by atoms with E-state index < -0.39 is 52.6 Å². The number of alkyl halides is 4. The maximum Gasteiger partial charge on any atom is 0.418 e. The first-order valence-corrected chi connectivity index (χ1v) is 11.3. The van der Waals surface area contributed by atoms with E-state index in [0.29, 0.717) is 26.3 Å². The first-order chi connectivity index (χ1) is 17.1. The van der Waals surface area contributed by atoms with Gasteiger partial charge < -0.3 is 24.7 Å². The molecule has 0 radical (unpaired) electrons. The van der Waals surface area contributed by atoms with Crippen LogP contribution >= 0.6 is 0 Å². The second kappa shape index (κ2) is 10.4. The molecule has 0 spiro atoms. The van der Waals surface area contributed by atoms with Crippen LogP contribution in [0.15, 0.2) is 41.8 Å². The highest BCUT2D eigenvalue weighted by Gasteiger charge is 2.38. The van der Waals surface area contributed by atoms with Gasteiger partial charge in [0.2, 0.25) is 0 Å². The summed E-state index contributed by atoms with van der Waals surface area (Å²) in [5, 5.41) is 2.09. The number of halogens is 5. The normalized spacial score (nSPS) is 21.5. The molecule has 1 aliphatic heterocycles. The highest BCUT2D eigenvalue weighted by Crippen LogP contribution is 2.40. The lowest BCUT2D eigenvalue weighted by Crippen LogP contribution is -2.45. The number of likely N-dealkylation sites (N-methyl/N-ethyl adjacent to an activating group) is 1. The zero-order valence-electron chi connectivity index (χ0n) is 19.7. The van der Waals surface area contributed by atoms with E-state index >= 15 is 4.39 Å². The predicted molar refractivity (Wildman–Crippen MR) is 120 cm³/mol. The Kier molecular flexibility index (Phi) is 7.50. The molecule has 2 amide bonds. The van der Waals surface area contributed by atoms with Crippen LogP contribution < -0.4 is 10.1 Å². The smallest absolute Gasteiger partial charge is 0.418 e. The number of allylic oxidation sites excluding steroid dienone is 4. The van der Waals surface area contributed by atoms with Crippen LogP contribution in [-0.4, -0.2) is 78.4 Å². The van der Waals surface area contributed by atoms with Gasteiger partial charge in [-0.15, -0.1) is 0 Å². The average Bonchev–Trinajstić information content (AvgIpc) is 3.30. The van der Waals surface area contributed by atoms with Gasteiger partial charge in [0.1, 0.15) is 11.4 Å². The molecule has 1 saturated heterocycles. The van der Waals surface area contributed by atoms with Crippen molar-refractivity contribution in [2.45, 2.75) is 19.3 Å². The van der Waals surface area contributed by atoms with Gasteiger partial charge in [0, 0.05) is 57.2 Å². The topological polar surface area (TPSA) is 82.7 Å². The van der Waals surface area contributed by atoms with E-state index in [-0.39, 0.29) is 11.3 Å². The molecule has 4 rings (SSSR count). The van der Waals surface area contributed by atoms with Crippen molar-refractivity contribution in [3.05, 3.63) is 47.4 Å². The van der Waals surface area contributed by atoms with Gasteiger partial charge >= 0.3 is 12.2 Å². The number of urea groups is 1. The summed E-state index contributed by atoms with van der Waals surface area (Å²) >= 11 is 0. The third-order valence-electron chi connectivity index (χ3n) is 6.21. The molecule has 8 nitrogen and oxygen atoms in total. The highest BCUT2D eigenvalue weighted by atomic mass is 19.4. The molecule has 0 bridgehead atoms. The Morgan fingerprint density at radius 2 is 2.08 bits per heavy atom. The van der Waals surface area contributed by atoms with Crippen LogP contribution in [0.2, 0.25) is 0 Å². The molecule has 36 heavy (non-hydrogen) atoms. The summed E-state index contributed by atoms with van der Waals surface area (Å²) in [6.07, 6.45) is -3.98. The van der Waals surface area contributed by atoms with Crippen LogP contribution in [0.25, 0.3) is 11.0 Å². The van der Waals surface area contributed by atoms with Crippen molar-refractivity contribution in [1.29, 1.82) is 0 Å². The van der Waals surface area contributed by atoms with Gasteiger partial charge in [-0.05, 0) is 12.1 Å². The average molecular weight is 515 g/mol. The van der Waals surface area contributed by atoms with Crippen LogP contribution in [0, 0.1) is 5.92 Å². The molecule has 2 aliphatic rings. The lowest BCUT2D eigenvalue weighted by Gasteiger charge is -2.30. The molecule has 1 aliphatic carbocycles. The summed E-state index contributed by atoms with van der Waals surface area (Å²) in [6.45, 7) is 5.21. The second-order valence-electron chi connectivity index (χ2n) is 8.64. The van der Waals surface area contributed by atoms with Gasteiger partial charge in [-0.25, -0.2) is 18.6 Å². The molecule has 2 N–H and O–H groups in total. The maximum atomic E-state index is 15.2. The number of hydrogen-bond donors (Lipinski definition) is 2. The quantitative estimate of drug-likeness (QED) is 0.569. The number of ether oxygens (including phenoxy) is 2. The third kappa shape index (κ3) is 5.46. The minimum absolute atomic E-state index is 0.00641. The van der Waals surface area contributed by atoms with E-state index in [4.69, 9.17) is 9.47 Å². The number of aromatic amines is 1. The van der Waals surface area contributed by atoms with Crippen molar-refractivity contribution < 1.29 is 36.2 Å². The number of nitrogens with zero attached hydrogens (tertiary/aromatic N) is 3. The van der Waals surface area contributed by atoms with Crippen molar-refractivity contribution in [3.63, 3.8) is 0 Å². The number of pyridine rings is 1. The lowest BCUT2D eigenvalue weighted by atomic mass is 9.94. The Balaban J connectivity index is 1.49. The van der Waals surface area contributed by atoms with Gasteiger partial charge in [-0.1, -0.05) is 6.92 Å². The molecule has 2 aromatic heterocycles. The minimum Gasteiger partial charge on any atom is -0.455 e. The summed E-state index contributed by atoms with van der Waals surface area (Å²) < 4.78 is 81.0. The maximum absolute atomic E-state index is 15.2. The monoisotopic (exact) mass is 515 g/mol. The number of amides is 2. The molecule has 2 atom stereocenters. The number of hydrogen-bond acceptors (Lipinski definition) is 5. The Morgan fingerprint density at radius 1 is 1.36 bits per heavy atom. The number of H-pyrrole nitrogens is 1. The summed E-state index contributed by atoms with van der Waals surface area (Å²) in [6, 6.07) is 0.566. The fraction of sp³-hybridized carbons (Fsp3) is 0.478. The van der Waals surface area contributed by atoms with Crippen molar-refractivity contribution in [2.24, 2.45) is 5.92 Å². The fourth-order valence-corrected chi connectivity index (χ4v) is 4.00. The molecule has 0 aromatic carbocycles. The molecule has 3 heterocycles. The predicted octanol–water partition coefficient (Wildman–Crippen LogP) is 3.99. The Morgan fingerprint density at radius 3 is 2.78 bits per heavy atom. The van der Waals surface area contributed by atoms with E-state index in [2.05, 4.69) is 20.2 Å². The number of nitrogens with one attached hydrogen (secondary N) is 2. The number of morpholine rings is 1. The molecule has 13 heteroatoms. The fourth-order valence-electron chi connectivity index (χ4n) is 4.00. The van der Waals surface area contributed by atoms with Gasteiger partial charge in [-0.2, -0.15) is 13.2 Å². The van der Waals surface area contributed by atoms with Crippen molar-refractivity contribution in [3.8, 4) is 5.75 Å². The van der Waals surface area contributed by atoms with E-state index in [9.17, 15) is 22.4 Å². The third-order valence-corrected chi connectivity index (χ3v) is 6.21. The van der Waals surface area contributed by atoms with Crippen LogP contribution in [0.3, 0.4) is 0 Å². The summed E-state index contributed by atoms with van der Waals surface area (Å²) in [7, 11) is 1.57. The number of aromatic nitrogens is 2. The summed E-state index contributed by atoms with van der Waals surface area (Å²) in [5.74, 6) is -3.33. The van der Waals surface area contributed by atoms with E-state index in [0.717, 1.165) is 31.4 Å². The van der Waals surface area contributed by atoms with Crippen molar-refractivity contribution in [2.75, 3.05) is 46.4 Å². The SMILES string of the molecule is CC1C(NC(=O)N(C)CCN2CCOCC2)=CC(F)=C(Oc2ccnc3[nH]cc(C(F)(F)F)c23)C1F. The van der Waals surface area contributed by atoms with Crippen LogP contribution in [-0.2, 0) is 10.9 Å². The van der Waals surface area contributed by atoms with Crippen LogP contribution in [0.1, 0.15) is 12.5 Å². The molecule has 2 unspecified atom stereocenters. The number of carbonyl (C=O) groups excluding carboxylic acids is 1. The van der Waals surface area contributed by atoms with Gasteiger partial charge in [0.15, 0.2) is 17.8 Å². The number of rotatable bonds is 6. The zero-order chi connectivity index (χ0) is 26.0.